The van der Waals surface area contributed by atoms with Crippen LogP contribution in [0.4, 0.5) is 0 Å². The molecule has 114 heavy (non-hydrogen) atoms. The molecule has 0 spiro atoms. The number of aryl methyl sites for hydroxylation is 3. The number of nitrogens with zero attached hydrogens (tertiary/aromatic N) is 6. The molecule has 7 aromatic carbocycles. The van der Waals surface area contributed by atoms with Gasteiger partial charge in [-0.1, -0.05) is 199 Å². The number of aromatic nitrogens is 10. The maximum absolute atomic E-state index is 6.09. The van der Waals surface area contributed by atoms with Crippen molar-refractivity contribution in [2.75, 3.05) is 0 Å². The predicted octanol–water partition coefficient (Wildman–Crippen LogP) is 27.7. The van der Waals surface area contributed by atoms with Crippen LogP contribution < -0.4 is 0 Å². The summed E-state index contributed by atoms with van der Waals surface area (Å²) in [5, 5.41) is 6.81. The van der Waals surface area contributed by atoms with Crippen molar-refractivity contribution in [1.82, 2.24) is 49.8 Å². The summed E-state index contributed by atoms with van der Waals surface area (Å²) < 4.78 is 0. The van der Waals surface area contributed by atoms with E-state index in [1.807, 2.05) is 34.0 Å². The summed E-state index contributed by atoms with van der Waals surface area (Å²) in [4.78, 5) is 56.9. The number of allylic oxidation sites excluding steroid dienone is 8. The number of hydrogen-bond acceptors (Lipinski definition) is 9. The van der Waals surface area contributed by atoms with Gasteiger partial charge in [-0.3, -0.25) is 0 Å². The first-order valence-corrected chi connectivity index (χ1v) is 44.1. The van der Waals surface area contributed by atoms with Gasteiger partial charge < -0.3 is 19.9 Å². The van der Waals surface area contributed by atoms with E-state index in [4.69, 9.17) is 29.9 Å². The Hall–Kier alpha value is -11.5. The lowest BCUT2D eigenvalue weighted by Gasteiger charge is -2.21. The molecule has 0 fully saturated rings. The number of benzene rings is 7. The standard InChI is InChI=1S/C101H86N10S3/c1-4-7-10-13-16-60-49-52-112-99(60)63-25-19-57(20-26-63)84-68-33-31-66(55-68)70-35-36-71-67-32-34-69(56-67)85(58-21-27-64(28-22-58)100-61(50-53-113-100)17-14-11-8-5-2)81-46-42-77(103-81)73-38-40-75-79-44-48-83(105-79)86(59-23-29-65(30-24-59)101-62(51-54-114-101)18-15-12-9-6-3)82-47-43-78(104-82)74-39-37-72(76-41-45-80(84)102-76)89-91(74)110-97-95(108-89)93-94(107-88(71)87(70)106-93)96-98(97)111-92(75)90(73)109-96/h19-54,84-86,102-105H,4-18,55-56H2,1-3H3. The van der Waals surface area contributed by atoms with Gasteiger partial charge in [0, 0.05) is 105 Å². The quantitative estimate of drug-likeness (QED) is 0.0321. The monoisotopic (exact) mass is 1530 g/mol. The van der Waals surface area contributed by atoms with Crippen molar-refractivity contribution in [2.45, 2.75) is 148 Å². The summed E-state index contributed by atoms with van der Waals surface area (Å²) in [6.45, 7) is 6.87. The Morgan fingerprint density at radius 2 is 0.553 bits per heavy atom. The van der Waals surface area contributed by atoms with Crippen molar-refractivity contribution in [3.8, 4) is 76.4 Å². The van der Waals surface area contributed by atoms with Gasteiger partial charge in [0.2, 0.25) is 0 Å². The van der Waals surface area contributed by atoms with Crippen LogP contribution in [0.1, 0.15) is 196 Å². The molecule has 10 nitrogen and oxygen atoms in total. The number of nitrogens with one attached hydrogen (secondary N) is 4. The van der Waals surface area contributed by atoms with E-state index in [9.17, 15) is 0 Å². The lowest BCUT2D eigenvalue weighted by atomic mass is 9.84. The van der Waals surface area contributed by atoms with Crippen LogP contribution in [-0.4, -0.2) is 49.8 Å². The average molecular weight is 1540 g/mol. The zero-order valence-corrected chi connectivity index (χ0v) is 66.9. The lowest BCUT2D eigenvalue weighted by molar-refractivity contribution is 0.668. The van der Waals surface area contributed by atoms with Crippen LogP contribution in [0, 0.1) is 0 Å². The zero-order valence-electron chi connectivity index (χ0n) is 64.4. The number of thiophene rings is 3. The topological polar surface area (TPSA) is 140 Å². The van der Waals surface area contributed by atoms with E-state index in [2.05, 4.69) is 257 Å². The molecule has 13 heterocycles. The van der Waals surface area contributed by atoms with Gasteiger partial charge in [0.05, 0.1) is 39.0 Å². The highest BCUT2D eigenvalue weighted by atomic mass is 32.1. The minimum absolute atomic E-state index is 0.101. The van der Waals surface area contributed by atoms with Crippen molar-refractivity contribution in [3.63, 3.8) is 0 Å². The summed E-state index contributed by atoms with van der Waals surface area (Å²) in [6, 6.07) is 67.2. The van der Waals surface area contributed by atoms with Gasteiger partial charge >= 0.3 is 0 Å². The third-order valence-electron chi connectivity index (χ3n) is 25.3. The summed E-state index contributed by atoms with van der Waals surface area (Å²) >= 11 is 5.57. The van der Waals surface area contributed by atoms with E-state index in [1.54, 1.807) is 0 Å². The molecule has 10 aromatic heterocycles. The molecule has 558 valence electrons. The van der Waals surface area contributed by atoms with Gasteiger partial charge in [-0.05, 0) is 220 Å². The first-order chi connectivity index (χ1) is 56.3. The number of rotatable bonds is 21. The van der Waals surface area contributed by atoms with E-state index in [0.717, 1.165) is 131 Å². The fraction of sp³-hybridized carbons (Fsp3) is 0.228. The molecule has 0 radical (unpaired) electrons. The second kappa shape index (κ2) is 28.6. The molecule has 2 aliphatic carbocycles. The normalized spacial score (nSPS) is 15.9. The van der Waals surface area contributed by atoms with Crippen LogP contribution in [0.15, 0.2) is 228 Å². The van der Waals surface area contributed by atoms with E-state index < -0.39 is 0 Å². The van der Waals surface area contributed by atoms with Gasteiger partial charge in [0.15, 0.2) is 0 Å². The van der Waals surface area contributed by atoms with Crippen molar-refractivity contribution in [2.24, 2.45) is 0 Å². The molecular formula is C101H86N10S3. The van der Waals surface area contributed by atoms with Crippen molar-refractivity contribution in [1.29, 1.82) is 0 Å². The Kier molecular flexibility index (Phi) is 17.3. The number of aromatic amines is 4. The van der Waals surface area contributed by atoms with Crippen molar-refractivity contribution < 1.29 is 0 Å². The third kappa shape index (κ3) is 11.7. The molecule has 13 heteroatoms. The summed E-state index contributed by atoms with van der Waals surface area (Å²) in [5.74, 6) is -0.414. The zero-order chi connectivity index (χ0) is 75.6. The maximum atomic E-state index is 6.09. The smallest absolute Gasteiger partial charge is 0.120 e. The van der Waals surface area contributed by atoms with Crippen LogP contribution in [0.2, 0.25) is 0 Å². The second-order valence-electron chi connectivity index (χ2n) is 32.3. The fourth-order valence-corrected chi connectivity index (χ4v) is 22.3. The highest BCUT2D eigenvalue weighted by Gasteiger charge is 2.34. The Balaban J connectivity index is 0.769. The summed E-state index contributed by atoms with van der Waals surface area (Å²) in [7, 11) is 0. The maximum Gasteiger partial charge on any atom is 0.120 e. The van der Waals surface area contributed by atoms with Gasteiger partial charge in [0.25, 0.3) is 0 Å². The fourth-order valence-electron chi connectivity index (χ4n) is 19.4. The largest absolute Gasteiger partial charge is 0.358 e. The number of hydrogen-bond donors (Lipinski definition) is 4. The molecule has 0 amide bonds. The third-order valence-corrected chi connectivity index (χ3v) is 28.3. The molecule has 17 aromatic rings. The highest BCUT2D eigenvalue weighted by Crippen LogP contribution is 2.51. The number of fused-ring (bicyclic) bond motifs is 18. The molecule has 2 unspecified atom stereocenters. The van der Waals surface area contributed by atoms with Gasteiger partial charge in [-0.15, -0.1) is 34.0 Å². The van der Waals surface area contributed by atoms with Crippen molar-refractivity contribution in [3.05, 3.63) is 295 Å². The molecule has 3 aliphatic heterocycles. The molecule has 22 rings (SSSR count). The van der Waals surface area contributed by atoms with E-state index in [0.29, 0.717) is 45.9 Å². The molecule has 24 bridgehead atoms. The molecule has 5 aliphatic rings. The molecule has 0 saturated heterocycles. The average Bonchev–Trinajstić information content (AvgIpc) is 1.13. The van der Waals surface area contributed by atoms with Gasteiger partial charge in [-0.2, -0.15) is 0 Å². The van der Waals surface area contributed by atoms with Gasteiger partial charge in [-0.25, -0.2) is 29.9 Å². The predicted molar refractivity (Wildman–Crippen MR) is 476 cm³/mol. The first-order valence-electron chi connectivity index (χ1n) is 41.5. The first kappa shape index (κ1) is 69.3. The van der Waals surface area contributed by atoms with Crippen LogP contribution in [0.5, 0.6) is 0 Å². The second-order valence-corrected chi connectivity index (χ2v) is 35.0. The van der Waals surface area contributed by atoms with Crippen LogP contribution in [-0.2, 0) is 19.3 Å². The molecule has 2 atom stereocenters. The van der Waals surface area contributed by atoms with E-state index in [1.165, 1.54) is 164 Å². The van der Waals surface area contributed by atoms with Crippen LogP contribution >= 0.6 is 34.0 Å². The minimum Gasteiger partial charge on any atom is -0.358 e. The Morgan fingerprint density at radius 1 is 0.272 bits per heavy atom. The summed E-state index contributed by atoms with van der Waals surface area (Å²) in [6.07, 6.45) is 29.1. The lowest BCUT2D eigenvalue weighted by Crippen LogP contribution is -2.06. The Morgan fingerprint density at radius 3 is 0.860 bits per heavy atom. The highest BCUT2D eigenvalue weighted by molar-refractivity contribution is 7.14. The SMILES string of the molecule is CCCCCCc1ccsc1-c1ccc(C2C3=CC=C(C3)c3ccc4c5nc6c(nc35)c3nc5c(ccc7c5nc3c3nc5c(ccc(c5nc63)-c3ccc([nH]3)C(c3ccc(-c5sccc5CCCCCC)cc3)C3=CC=C4C3)-c3ccc([nH]3)C(c3ccc(-c4sccc4CCCCCC)cc3)c3ccc-7[nH]3)-c3ccc2[nH]3)cc1. The number of H-pyrrole nitrogens is 4. The van der Waals surface area contributed by atoms with E-state index in [-0.39, 0.29) is 17.8 Å². The molecule has 0 saturated carbocycles. The Bertz CT molecular complexity index is 6470. The van der Waals surface area contributed by atoms with Crippen LogP contribution in [0.3, 0.4) is 0 Å². The van der Waals surface area contributed by atoms with Crippen LogP contribution in [0.25, 0.3) is 154 Å². The molecular weight excluding hydrogens is 1450 g/mol. The Labute approximate surface area is 675 Å². The van der Waals surface area contributed by atoms with Crippen molar-refractivity contribution >= 4 is 111 Å². The summed E-state index contributed by atoms with van der Waals surface area (Å²) in [5.41, 5.74) is 39.0. The van der Waals surface area contributed by atoms with Gasteiger partial charge in [0.1, 0.15) is 33.1 Å². The number of unbranched alkanes of at least 4 members (excludes halogenated alkanes) is 9. The molecule has 4 N–H and O–H groups in total. The minimum atomic E-state index is -0.212. The van der Waals surface area contributed by atoms with E-state index >= 15 is 0 Å².